The molecule has 75 heavy (non-hydrogen) atoms. The van der Waals surface area contributed by atoms with Crippen molar-refractivity contribution in [1.82, 2.24) is 0 Å². The van der Waals surface area contributed by atoms with Crippen LogP contribution in [0.5, 0.6) is 23.0 Å². The second-order valence-corrected chi connectivity index (χ2v) is 32.7. The van der Waals surface area contributed by atoms with E-state index < -0.39 is 16.5 Å². The molecule has 6 aromatic carbocycles. The molecule has 0 aliphatic carbocycles. The van der Waals surface area contributed by atoms with E-state index in [9.17, 15) is 0 Å². The van der Waals surface area contributed by atoms with Gasteiger partial charge >= 0.3 is 460 Å². The average Bonchev–Trinajstić information content (AvgIpc) is 3.27. The first kappa shape index (κ1) is 59.6. The molecule has 6 rings (SSSR count). The molecule has 0 fully saturated rings. The van der Waals surface area contributed by atoms with Crippen LogP contribution in [0.4, 0.5) is 0 Å². The van der Waals surface area contributed by atoms with E-state index in [0.717, 1.165) is 38.7 Å². The summed E-state index contributed by atoms with van der Waals surface area (Å²) in [6.45, 7) is 53.9. The first-order chi connectivity index (χ1) is 34.2. The Kier molecular flexibility index (Phi) is 16.9. The third kappa shape index (κ3) is 14.7. The molecule has 0 saturated carbocycles. The molecule has 0 atom stereocenters. The van der Waals surface area contributed by atoms with Crippen molar-refractivity contribution in [2.45, 2.75) is 209 Å². The molecule has 0 aliphatic rings. The molecular weight excluding hydrogens is 959 g/mol. The van der Waals surface area contributed by atoms with Gasteiger partial charge in [0.05, 0.1) is 0 Å². The van der Waals surface area contributed by atoms with Gasteiger partial charge in [0, 0.05) is 0 Å². The molecular formula is C68H94O5P2. The van der Waals surface area contributed by atoms with Crippen molar-refractivity contribution in [1.29, 1.82) is 0 Å². The van der Waals surface area contributed by atoms with Crippen molar-refractivity contribution < 1.29 is 22.4 Å². The molecule has 5 nitrogen and oxygen atoms in total. The Bertz CT molecular complexity index is 2760. The van der Waals surface area contributed by atoms with Crippen molar-refractivity contribution >= 4 is 21.9 Å². The van der Waals surface area contributed by atoms with Crippen molar-refractivity contribution in [2.24, 2.45) is 0 Å². The number of rotatable bonds is 12. The first-order valence-electron chi connectivity index (χ1n) is 27.2. The topological polar surface area (TPSA) is 46.2 Å². The van der Waals surface area contributed by atoms with E-state index in [4.69, 9.17) is 22.4 Å². The number of hydrogen-bond donors (Lipinski definition) is 0. The number of hydrogen-bond acceptors (Lipinski definition) is 5. The van der Waals surface area contributed by atoms with Gasteiger partial charge in [-0.2, -0.15) is 0 Å². The molecule has 7 heteroatoms. The van der Waals surface area contributed by atoms with Gasteiger partial charge in [-0.05, 0) is 0 Å². The van der Waals surface area contributed by atoms with Crippen molar-refractivity contribution in [3.63, 3.8) is 0 Å². The Balaban J connectivity index is 1.76. The van der Waals surface area contributed by atoms with Gasteiger partial charge in [-0.15, -0.1) is 0 Å². The van der Waals surface area contributed by atoms with Crippen molar-refractivity contribution in [2.75, 3.05) is 0 Å². The van der Waals surface area contributed by atoms with Crippen LogP contribution >= 0.6 is 16.5 Å². The third-order valence-corrected chi connectivity index (χ3v) is 18.3. The van der Waals surface area contributed by atoms with Crippen LogP contribution in [-0.2, 0) is 47.6 Å². The summed E-state index contributed by atoms with van der Waals surface area (Å²) in [5.41, 5.74) is 9.55. The van der Waals surface area contributed by atoms with E-state index in [1.54, 1.807) is 0 Å². The summed E-state index contributed by atoms with van der Waals surface area (Å²) in [6, 6.07) is 45.4. The monoisotopic (exact) mass is 1050 g/mol. The molecule has 0 saturated heterocycles. The predicted molar refractivity (Wildman–Crippen MR) is 326 cm³/mol. The van der Waals surface area contributed by atoms with Gasteiger partial charge in [-0.3, -0.25) is 0 Å². The van der Waals surface area contributed by atoms with Gasteiger partial charge in [0.2, 0.25) is 0 Å². The van der Waals surface area contributed by atoms with Gasteiger partial charge in [-0.1, -0.05) is 0 Å². The summed E-state index contributed by atoms with van der Waals surface area (Å²) in [5, 5.41) is 0.764. The quantitative estimate of drug-likeness (QED) is 0.114. The van der Waals surface area contributed by atoms with Crippen LogP contribution in [0.3, 0.4) is 0 Å². The Hall–Kier alpha value is -4.66. The second-order valence-electron chi connectivity index (χ2n) is 29.0. The Morgan fingerprint density at radius 1 is 0.293 bits per heavy atom. The summed E-state index contributed by atoms with van der Waals surface area (Å²) in [6.07, 6.45) is 0. The van der Waals surface area contributed by atoms with Crippen LogP contribution in [-0.4, -0.2) is 0 Å². The fourth-order valence-corrected chi connectivity index (χ4v) is 13.3. The number of benzene rings is 6. The fourth-order valence-electron chi connectivity index (χ4n) is 9.00. The molecule has 0 amide bonds. The SMILES string of the molecule is CC(C)(C)c1ccc(OP(Oc2ccc(C(C)(C)C)cc2C(C)(C)C)O[PH](Oc2ccc(C(C)(C)C)cc2C(C)(C)C)(Oc2ccc(C(C)(C)C)cc2C(C)(C)C)c2ccc(-c3ccccc3)cc2)c(C(C)(C)C)c1. The Morgan fingerprint density at radius 3 is 0.867 bits per heavy atom. The zero-order valence-electron chi connectivity index (χ0n) is 50.6. The molecule has 0 aromatic heterocycles. The summed E-state index contributed by atoms with van der Waals surface area (Å²) < 4.78 is 38.7. The zero-order chi connectivity index (χ0) is 56.1. The first-order valence-corrected chi connectivity index (χ1v) is 30.0. The summed E-state index contributed by atoms with van der Waals surface area (Å²) in [7, 11) is -6.81. The molecule has 0 bridgehead atoms. The molecule has 0 radical (unpaired) electrons. The molecule has 0 spiro atoms. The van der Waals surface area contributed by atoms with E-state index in [-0.39, 0.29) is 43.3 Å². The van der Waals surface area contributed by atoms with Crippen molar-refractivity contribution in [3.05, 3.63) is 172 Å². The van der Waals surface area contributed by atoms with Gasteiger partial charge in [0.1, 0.15) is 0 Å². The minimum absolute atomic E-state index is 0.0943. The fraction of sp³-hybridized carbons (Fsp3) is 0.471. The van der Waals surface area contributed by atoms with Crippen molar-refractivity contribution in [3.8, 4) is 34.1 Å². The second kappa shape index (κ2) is 21.3. The normalized spacial score (nSPS) is 13.7. The van der Waals surface area contributed by atoms with Gasteiger partial charge in [0.15, 0.2) is 0 Å². The predicted octanol–water partition coefficient (Wildman–Crippen LogP) is 20.4. The van der Waals surface area contributed by atoms with Crippen LogP contribution in [0.2, 0.25) is 0 Å². The van der Waals surface area contributed by atoms with Crippen LogP contribution in [0, 0.1) is 0 Å². The summed E-state index contributed by atoms with van der Waals surface area (Å²) in [4.78, 5) is 0. The minimum atomic E-state index is -4.42. The summed E-state index contributed by atoms with van der Waals surface area (Å²) in [5.74, 6) is 2.73. The molecule has 406 valence electrons. The van der Waals surface area contributed by atoms with Gasteiger partial charge in [0.25, 0.3) is 0 Å². The van der Waals surface area contributed by atoms with Gasteiger partial charge < -0.3 is 0 Å². The van der Waals surface area contributed by atoms with Crippen LogP contribution in [0.1, 0.15) is 211 Å². The van der Waals surface area contributed by atoms with Crippen LogP contribution in [0.25, 0.3) is 11.1 Å². The summed E-state index contributed by atoms with van der Waals surface area (Å²) >= 11 is 0. The zero-order valence-corrected chi connectivity index (χ0v) is 52.5. The average molecular weight is 1050 g/mol. The van der Waals surface area contributed by atoms with Crippen LogP contribution in [0.15, 0.2) is 127 Å². The van der Waals surface area contributed by atoms with E-state index in [1.807, 2.05) is 6.07 Å². The van der Waals surface area contributed by atoms with E-state index in [0.29, 0.717) is 23.0 Å². The molecule has 0 heterocycles. The van der Waals surface area contributed by atoms with Gasteiger partial charge in [-0.25, -0.2) is 0 Å². The van der Waals surface area contributed by atoms with E-state index in [1.165, 1.54) is 22.3 Å². The van der Waals surface area contributed by atoms with Crippen LogP contribution < -0.4 is 23.4 Å². The standard InChI is InChI=1S/C68H94O5P2/c1-61(2,3)48-32-38-57(53(42-48)65(13,14)15)69-74(70-58-39-33-49(62(4,5)6)43-54(58)66(16,17)18)73-75(52-36-30-47(31-37-52)46-28-26-25-27-29-46,71-59-40-34-50(63(7,8)9)44-55(59)67(19,20)21)72-60-41-35-51(64(10,11)12)45-56(60)68(22,23)24/h25-45,75H,1-24H3. The maximum atomic E-state index is 7.96. The molecule has 6 aromatic rings. The Morgan fingerprint density at radius 2 is 0.573 bits per heavy atom. The van der Waals surface area contributed by atoms with E-state index >= 15 is 0 Å². The third-order valence-electron chi connectivity index (χ3n) is 14.0. The molecule has 0 unspecified atom stereocenters. The molecule has 0 N–H and O–H groups in total. The molecule has 0 aliphatic heterocycles. The Labute approximate surface area is 457 Å². The van der Waals surface area contributed by atoms with E-state index in [2.05, 4.69) is 287 Å². The maximum absolute atomic E-state index is 7.96.